The highest BCUT2D eigenvalue weighted by Crippen LogP contribution is 2.23. The summed E-state index contributed by atoms with van der Waals surface area (Å²) >= 11 is 1.81. The van der Waals surface area contributed by atoms with Crippen LogP contribution in [-0.2, 0) is 24.3 Å². The molecule has 1 aliphatic rings. The number of fused-ring (bicyclic) bond motifs is 1. The predicted molar refractivity (Wildman–Crippen MR) is 85.4 cm³/mol. The molecule has 1 aromatic heterocycles. The molecule has 0 amide bonds. The molecule has 5 heteroatoms. The first-order chi connectivity index (χ1) is 10.7. The quantitative estimate of drug-likeness (QED) is 0.888. The standard InChI is InChI=1S/C17H20FNO2S/c18-16-4-2-1-3-14(16)11-21-12-15(20)10-19-7-5-17-13(9-19)6-8-22-17/h1-4,6,8,15,20H,5,7,9-12H2. The Morgan fingerprint density at radius 3 is 3.05 bits per heavy atom. The SMILES string of the molecule is OC(COCc1ccccc1F)CN1CCc2sccc2C1. The highest BCUT2D eigenvalue weighted by Gasteiger charge is 2.19. The van der Waals surface area contributed by atoms with Crippen molar-refractivity contribution < 1.29 is 14.2 Å². The number of β-amino-alcohol motifs (C(OH)–C–C–N with tert-alkyl or cyclic N) is 1. The number of aliphatic hydroxyl groups is 1. The van der Waals surface area contributed by atoms with Gasteiger partial charge >= 0.3 is 0 Å². The Labute approximate surface area is 134 Å². The van der Waals surface area contributed by atoms with E-state index in [1.54, 1.807) is 18.2 Å². The van der Waals surface area contributed by atoms with Crippen molar-refractivity contribution in [3.63, 3.8) is 0 Å². The van der Waals surface area contributed by atoms with Gasteiger partial charge in [-0.3, -0.25) is 4.90 Å². The fourth-order valence-corrected chi connectivity index (χ4v) is 3.62. The number of aliphatic hydroxyl groups excluding tert-OH is 1. The van der Waals surface area contributed by atoms with Gasteiger partial charge in [-0.15, -0.1) is 11.3 Å². The Morgan fingerprint density at radius 1 is 1.32 bits per heavy atom. The van der Waals surface area contributed by atoms with Crippen molar-refractivity contribution in [1.82, 2.24) is 4.90 Å². The van der Waals surface area contributed by atoms with Gasteiger partial charge in [-0.2, -0.15) is 0 Å². The van der Waals surface area contributed by atoms with Crippen LogP contribution in [0.5, 0.6) is 0 Å². The second kappa shape index (κ2) is 7.33. The second-order valence-electron chi connectivity index (χ2n) is 5.61. The fourth-order valence-electron chi connectivity index (χ4n) is 2.73. The average Bonchev–Trinajstić information content (AvgIpc) is 2.97. The minimum atomic E-state index is -0.549. The lowest BCUT2D eigenvalue weighted by atomic mass is 10.1. The molecule has 1 unspecified atom stereocenters. The van der Waals surface area contributed by atoms with Crippen LogP contribution in [0.4, 0.5) is 4.39 Å². The molecule has 0 fully saturated rings. The topological polar surface area (TPSA) is 32.7 Å². The van der Waals surface area contributed by atoms with Gasteiger partial charge in [0.05, 0.1) is 19.3 Å². The second-order valence-corrected chi connectivity index (χ2v) is 6.62. The van der Waals surface area contributed by atoms with Gasteiger partial charge in [-0.05, 0) is 29.5 Å². The van der Waals surface area contributed by atoms with E-state index in [-0.39, 0.29) is 19.0 Å². The van der Waals surface area contributed by atoms with Crippen LogP contribution in [0.2, 0.25) is 0 Å². The van der Waals surface area contributed by atoms with Gasteiger partial charge < -0.3 is 9.84 Å². The van der Waals surface area contributed by atoms with E-state index in [1.807, 2.05) is 11.3 Å². The van der Waals surface area contributed by atoms with E-state index < -0.39 is 6.10 Å². The third-order valence-electron chi connectivity index (χ3n) is 3.88. The van der Waals surface area contributed by atoms with E-state index in [9.17, 15) is 9.50 Å². The lowest BCUT2D eigenvalue weighted by Crippen LogP contribution is -2.37. The van der Waals surface area contributed by atoms with Gasteiger partial charge in [0, 0.05) is 30.1 Å². The molecule has 0 radical (unpaired) electrons. The molecule has 1 aliphatic heterocycles. The number of rotatable bonds is 6. The van der Waals surface area contributed by atoms with Crippen molar-refractivity contribution >= 4 is 11.3 Å². The Hall–Kier alpha value is -1.27. The summed E-state index contributed by atoms with van der Waals surface area (Å²) in [7, 11) is 0. The molecule has 2 heterocycles. The molecular weight excluding hydrogens is 301 g/mol. The van der Waals surface area contributed by atoms with Crippen molar-refractivity contribution in [3.05, 3.63) is 57.5 Å². The Morgan fingerprint density at radius 2 is 2.18 bits per heavy atom. The van der Waals surface area contributed by atoms with Gasteiger partial charge in [-0.1, -0.05) is 18.2 Å². The third kappa shape index (κ3) is 3.93. The maximum atomic E-state index is 13.4. The normalized spacial score (nSPS) is 16.5. The van der Waals surface area contributed by atoms with Crippen molar-refractivity contribution in [2.45, 2.75) is 25.7 Å². The van der Waals surface area contributed by atoms with Gasteiger partial charge in [0.2, 0.25) is 0 Å². The molecule has 1 aromatic carbocycles. The summed E-state index contributed by atoms with van der Waals surface area (Å²) in [4.78, 5) is 3.70. The molecular formula is C17H20FNO2S. The summed E-state index contributed by atoms with van der Waals surface area (Å²) < 4.78 is 18.9. The number of ether oxygens (including phenoxy) is 1. The van der Waals surface area contributed by atoms with Crippen LogP contribution in [0.1, 0.15) is 16.0 Å². The van der Waals surface area contributed by atoms with Crippen molar-refractivity contribution in [1.29, 1.82) is 0 Å². The molecule has 2 aromatic rings. The average molecular weight is 321 g/mol. The van der Waals surface area contributed by atoms with Crippen molar-refractivity contribution in [2.24, 2.45) is 0 Å². The molecule has 118 valence electrons. The lowest BCUT2D eigenvalue weighted by molar-refractivity contribution is 0.00711. The Bertz CT molecular complexity index is 616. The van der Waals surface area contributed by atoms with Gasteiger partial charge in [0.25, 0.3) is 0 Å². The van der Waals surface area contributed by atoms with Gasteiger partial charge in [0.15, 0.2) is 0 Å². The van der Waals surface area contributed by atoms with E-state index in [2.05, 4.69) is 16.3 Å². The van der Waals surface area contributed by atoms with E-state index in [1.165, 1.54) is 16.5 Å². The number of hydrogen-bond acceptors (Lipinski definition) is 4. The summed E-state index contributed by atoms with van der Waals surface area (Å²) in [6, 6.07) is 8.71. The summed E-state index contributed by atoms with van der Waals surface area (Å²) in [6.07, 6.45) is 0.502. The zero-order chi connectivity index (χ0) is 15.4. The monoisotopic (exact) mass is 321 g/mol. The first-order valence-corrected chi connectivity index (χ1v) is 8.37. The molecule has 0 saturated heterocycles. The van der Waals surface area contributed by atoms with E-state index in [0.29, 0.717) is 12.1 Å². The zero-order valence-electron chi connectivity index (χ0n) is 12.4. The predicted octanol–water partition coefficient (Wildman–Crippen LogP) is 2.82. The van der Waals surface area contributed by atoms with Crippen LogP contribution >= 0.6 is 11.3 Å². The van der Waals surface area contributed by atoms with Crippen molar-refractivity contribution in [3.8, 4) is 0 Å². The van der Waals surface area contributed by atoms with Crippen LogP contribution in [0.15, 0.2) is 35.7 Å². The van der Waals surface area contributed by atoms with Crippen LogP contribution in [-0.4, -0.2) is 35.8 Å². The highest BCUT2D eigenvalue weighted by atomic mass is 32.1. The third-order valence-corrected chi connectivity index (χ3v) is 4.90. The number of hydrogen-bond donors (Lipinski definition) is 1. The first kappa shape index (κ1) is 15.6. The van der Waals surface area contributed by atoms with Crippen molar-refractivity contribution in [2.75, 3.05) is 19.7 Å². The van der Waals surface area contributed by atoms with Crippen LogP contribution < -0.4 is 0 Å². The van der Waals surface area contributed by atoms with Crippen LogP contribution in [0.25, 0.3) is 0 Å². The molecule has 3 nitrogen and oxygen atoms in total. The summed E-state index contributed by atoms with van der Waals surface area (Å²) in [5.74, 6) is -0.266. The summed E-state index contributed by atoms with van der Waals surface area (Å²) in [6.45, 7) is 2.87. The number of nitrogens with zero attached hydrogens (tertiary/aromatic N) is 1. The number of benzene rings is 1. The maximum Gasteiger partial charge on any atom is 0.128 e. The number of thiophene rings is 1. The zero-order valence-corrected chi connectivity index (χ0v) is 13.2. The van der Waals surface area contributed by atoms with Crippen LogP contribution in [0.3, 0.4) is 0 Å². The Kier molecular flexibility index (Phi) is 5.20. The summed E-state index contributed by atoms with van der Waals surface area (Å²) in [5, 5.41) is 12.2. The lowest BCUT2D eigenvalue weighted by Gasteiger charge is -2.28. The molecule has 22 heavy (non-hydrogen) atoms. The highest BCUT2D eigenvalue weighted by molar-refractivity contribution is 7.10. The van der Waals surface area contributed by atoms with E-state index >= 15 is 0 Å². The molecule has 3 rings (SSSR count). The minimum Gasteiger partial charge on any atom is -0.389 e. The minimum absolute atomic E-state index is 0.193. The largest absolute Gasteiger partial charge is 0.389 e. The van der Waals surface area contributed by atoms with E-state index in [4.69, 9.17) is 4.74 Å². The number of halogens is 1. The Balaban J connectivity index is 1.42. The first-order valence-electron chi connectivity index (χ1n) is 7.49. The van der Waals surface area contributed by atoms with Gasteiger partial charge in [-0.25, -0.2) is 4.39 Å². The molecule has 0 aliphatic carbocycles. The molecule has 0 saturated carbocycles. The molecule has 1 N–H and O–H groups in total. The molecule has 0 bridgehead atoms. The van der Waals surface area contributed by atoms with Gasteiger partial charge in [0.1, 0.15) is 5.82 Å². The molecule has 1 atom stereocenters. The fraction of sp³-hybridized carbons (Fsp3) is 0.412. The molecule has 0 spiro atoms. The maximum absolute atomic E-state index is 13.4. The smallest absolute Gasteiger partial charge is 0.128 e. The van der Waals surface area contributed by atoms with E-state index in [0.717, 1.165) is 19.5 Å². The van der Waals surface area contributed by atoms with Crippen LogP contribution in [0, 0.1) is 5.82 Å². The summed E-state index contributed by atoms with van der Waals surface area (Å²) in [5.41, 5.74) is 1.89.